The molecule has 0 aliphatic heterocycles. The maximum atomic E-state index is 13.6. The number of alkyl carbamates (subject to hydrolysis) is 1. The van der Waals surface area contributed by atoms with E-state index in [1.807, 2.05) is 20.8 Å². The topological polar surface area (TPSA) is 47.6 Å². The molecule has 1 aromatic rings. The first kappa shape index (κ1) is 17.2. The quantitative estimate of drug-likeness (QED) is 0.861. The molecule has 1 aliphatic carbocycles. The molecule has 0 spiro atoms. The molecule has 0 aromatic heterocycles. The normalized spacial score (nSPS) is 21.1. The van der Waals surface area contributed by atoms with Crippen LogP contribution < -0.4 is 5.32 Å². The summed E-state index contributed by atoms with van der Waals surface area (Å²) in [5, 5.41) is 2.75. The Hall–Kier alpha value is -1.14. The number of hydrogen-bond donors (Lipinski definition) is 1. The van der Waals surface area contributed by atoms with Crippen molar-refractivity contribution in [2.24, 2.45) is 0 Å². The van der Waals surface area contributed by atoms with E-state index >= 15 is 0 Å². The highest BCUT2D eigenvalue weighted by Crippen LogP contribution is 2.28. The van der Waals surface area contributed by atoms with Crippen LogP contribution in [0.1, 0.15) is 39.2 Å². The fraction of sp³-hybridized carbons (Fsp3) is 0.562. The molecular weight excluding hydrogens is 353 g/mol. The van der Waals surface area contributed by atoms with Crippen LogP contribution in [0.2, 0.25) is 0 Å². The van der Waals surface area contributed by atoms with E-state index in [0.29, 0.717) is 22.9 Å². The molecule has 1 fully saturated rings. The number of nitrogens with one attached hydrogen (secondary N) is 1. The fourth-order valence-electron chi connectivity index (χ4n) is 2.08. The molecule has 22 heavy (non-hydrogen) atoms. The van der Waals surface area contributed by atoms with Crippen LogP contribution in [0.25, 0.3) is 0 Å². The lowest BCUT2D eigenvalue weighted by atomic mass is 9.92. The maximum absolute atomic E-state index is 13.6. The average molecular weight is 374 g/mol. The number of benzene rings is 1. The first-order chi connectivity index (χ1) is 10.2. The van der Waals surface area contributed by atoms with Crippen molar-refractivity contribution in [3.05, 3.63) is 34.1 Å². The molecule has 2 rings (SSSR count). The number of halogens is 2. The zero-order valence-corrected chi connectivity index (χ0v) is 14.6. The van der Waals surface area contributed by atoms with Gasteiger partial charge in [-0.2, -0.15) is 0 Å². The Morgan fingerprint density at radius 2 is 2.05 bits per heavy atom. The zero-order valence-electron chi connectivity index (χ0n) is 13.0. The predicted octanol–water partition coefficient (Wildman–Crippen LogP) is 4.16. The van der Waals surface area contributed by atoms with Crippen LogP contribution in [0.15, 0.2) is 22.7 Å². The molecule has 0 heterocycles. The summed E-state index contributed by atoms with van der Waals surface area (Å²) < 4.78 is 25.2. The number of carbonyl (C=O) groups excluding carboxylic acids is 1. The third-order valence-corrected chi connectivity index (χ3v) is 3.79. The largest absolute Gasteiger partial charge is 0.446 e. The van der Waals surface area contributed by atoms with Gasteiger partial charge in [0.15, 0.2) is 0 Å². The van der Waals surface area contributed by atoms with Crippen LogP contribution in [0.5, 0.6) is 0 Å². The van der Waals surface area contributed by atoms with Gasteiger partial charge in [0, 0.05) is 28.4 Å². The Morgan fingerprint density at radius 1 is 1.36 bits per heavy atom. The van der Waals surface area contributed by atoms with Gasteiger partial charge >= 0.3 is 6.09 Å². The van der Waals surface area contributed by atoms with E-state index in [9.17, 15) is 9.18 Å². The summed E-state index contributed by atoms with van der Waals surface area (Å²) in [5.74, 6) is -0.286. The molecule has 1 amide bonds. The van der Waals surface area contributed by atoms with Crippen molar-refractivity contribution in [2.75, 3.05) is 0 Å². The fourth-order valence-corrected chi connectivity index (χ4v) is 2.42. The van der Waals surface area contributed by atoms with Crippen molar-refractivity contribution < 1.29 is 18.7 Å². The monoisotopic (exact) mass is 373 g/mol. The molecule has 0 saturated heterocycles. The van der Waals surface area contributed by atoms with Crippen LogP contribution in [0.4, 0.5) is 9.18 Å². The average Bonchev–Trinajstić information content (AvgIpc) is 2.31. The number of ether oxygens (including phenoxy) is 2. The van der Waals surface area contributed by atoms with Crippen molar-refractivity contribution in [1.82, 2.24) is 5.32 Å². The molecule has 1 N–H and O–H groups in total. The van der Waals surface area contributed by atoms with Gasteiger partial charge in [-0.3, -0.25) is 0 Å². The number of amides is 1. The van der Waals surface area contributed by atoms with Gasteiger partial charge in [-0.25, -0.2) is 9.18 Å². The zero-order chi connectivity index (χ0) is 16.3. The second kappa shape index (κ2) is 6.96. The lowest BCUT2D eigenvalue weighted by Crippen LogP contribution is -2.46. The highest BCUT2D eigenvalue weighted by atomic mass is 79.9. The van der Waals surface area contributed by atoms with Gasteiger partial charge in [0.05, 0.1) is 12.7 Å². The van der Waals surface area contributed by atoms with E-state index in [-0.39, 0.29) is 30.2 Å². The van der Waals surface area contributed by atoms with E-state index in [2.05, 4.69) is 21.2 Å². The summed E-state index contributed by atoms with van der Waals surface area (Å²) in [7, 11) is 0. The Kier molecular flexibility index (Phi) is 5.45. The molecule has 0 bridgehead atoms. The minimum Gasteiger partial charge on any atom is -0.446 e. The second-order valence-electron chi connectivity index (χ2n) is 6.54. The third-order valence-electron chi connectivity index (χ3n) is 3.29. The van der Waals surface area contributed by atoms with Crippen molar-refractivity contribution in [3.63, 3.8) is 0 Å². The van der Waals surface area contributed by atoms with E-state index in [1.54, 1.807) is 12.1 Å². The van der Waals surface area contributed by atoms with Gasteiger partial charge in [0.1, 0.15) is 11.9 Å². The molecule has 1 aromatic carbocycles. The van der Waals surface area contributed by atoms with Crippen LogP contribution >= 0.6 is 15.9 Å². The van der Waals surface area contributed by atoms with Crippen LogP contribution in [-0.2, 0) is 16.1 Å². The number of carbonyl (C=O) groups is 1. The highest BCUT2D eigenvalue weighted by Gasteiger charge is 2.33. The molecule has 0 radical (unpaired) electrons. The predicted molar refractivity (Wildman–Crippen MR) is 85.1 cm³/mol. The second-order valence-corrected chi connectivity index (χ2v) is 7.46. The summed E-state index contributed by atoms with van der Waals surface area (Å²) >= 11 is 3.22. The van der Waals surface area contributed by atoms with E-state index in [1.165, 1.54) is 6.07 Å². The van der Waals surface area contributed by atoms with Crippen molar-refractivity contribution in [2.45, 2.75) is 58.0 Å². The minimum absolute atomic E-state index is 0.00971. The first-order valence-electron chi connectivity index (χ1n) is 7.27. The van der Waals surface area contributed by atoms with Crippen molar-refractivity contribution in [1.29, 1.82) is 0 Å². The van der Waals surface area contributed by atoms with Gasteiger partial charge < -0.3 is 14.8 Å². The summed E-state index contributed by atoms with van der Waals surface area (Å²) in [6, 6.07) is 4.90. The van der Waals surface area contributed by atoms with Gasteiger partial charge in [0.2, 0.25) is 0 Å². The lowest BCUT2D eigenvalue weighted by molar-refractivity contribution is -0.0827. The first-order valence-corrected chi connectivity index (χ1v) is 8.06. The SMILES string of the molecule is CC(C)(C)NC(=O)OC1CC(OCc2ccc(Br)cc2F)C1. The summed E-state index contributed by atoms with van der Waals surface area (Å²) in [6.07, 6.45) is 0.776. The Labute approximate surface area is 138 Å². The molecular formula is C16H21BrFNO3. The van der Waals surface area contributed by atoms with E-state index in [0.717, 1.165) is 0 Å². The molecule has 6 heteroatoms. The molecule has 4 nitrogen and oxygen atoms in total. The molecule has 122 valence electrons. The molecule has 1 saturated carbocycles. The van der Waals surface area contributed by atoms with Crippen LogP contribution in [0.3, 0.4) is 0 Å². The highest BCUT2D eigenvalue weighted by molar-refractivity contribution is 9.10. The minimum atomic E-state index is -0.407. The smallest absolute Gasteiger partial charge is 0.407 e. The standard InChI is InChI=1S/C16H21BrFNO3/c1-16(2,3)19-15(20)22-13-7-12(8-13)21-9-10-4-5-11(17)6-14(10)18/h4-6,12-13H,7-9H2,1-3H3,(H,19,20). The Bertz CT molecular complexity index is 539. The van der Waals surface area contributed by atoms with Crippen LogP contribution in [0, 0.1) is 5.82 Å². The van der Waals surface area contributed by atoms with E-state index in [4.69, 9.17) is 9.47 Å². The summed E-state index contributed by atoms with van der Waals surface area (Å²) in [5.41, 5.74) is 0.216. The Morgan fingerprint density at radius 3 is 2.64 bits per heavy atom. The van der Waals surface area contributed by atoms with Crippen LogP contribution in [-0.4, -0.2) is 23.8 Å². The number of hydrogen-bond acceptors (Lipinski definition) is 3. The van der Waals surface area contributed by atoms with Gasteiger partial charge in [0.25, 0.3) is 0 Å². The van der Waals surface area contributed by atoms with E-state index < -0.39 is 6.09 Å². The maximum Gasteiger partial charge on any atom is 0.407 e. The summed E-state index contributed by atoms with van der Waals surface area (Å²) in [6.45, 7) is 5.92. The lowest BCUT2D eigenvalue weighted by Gasteiger charge is -2.35. The van der Waals surface area contributed by atoms with Gasteiger partial charge in [-0.1, -0.05) is 22.0 Å². The van der Waals surface area contributed by atoms with Crippen molar-refractivity contribution >= 4 is 22.0 Å². The molecule has 0 atom stereocenters. The Balaban J connectivity index is 1.68. The number of rotatable bonds is 4. The van der Waals surface area contributed by atoms with Gasteiger partial charge in [-0.15, -0.1) is 0 Å². The molecule has 0 unspecified atom stereocenters. The molecule has 1 aliphatic rings. The third kappa shape index (κ3) is 5.25. The van der Waals surface area contributed by atoms with Crippen molar-refractivity contribution in [3.8, 4) is 0 Å². The van der Waals surface area contributed by atoms with Gasteiger partial charge in [-0.05, 0) is 32.9 Å². The summed E-state index contributed by atoms with van der Waals surface area (Å²) in [4.78, 5) is 11.6.